The third kappa shape index (κ3) is 6.06. The van der Waals surface area contributed by atoms with Gasteiger partial charge in [0.05, 0.1) is 5.02 Å². The van der Waals surface area contributed by atoms with Crippen LogP contribution in [0.3, 0.4) is 0 Å². The lowest BCUT2D eigenvalue weighted by molar-refractivity contribution is -0.142. The summed E-state index contributed by atoms with van der Waals surface area (Å²) in [7, 11) is 0. The molecular formula is C14H15Cl2NO4. The van der Waals surface area contributed by atoms with Crippen LogP contribution in [0.1, 0.15) is 13.3 Å². The number of halogens is 2. The number of benzene rings is 1. The molecule has 0 saturated heterocycles. The van der Waals surface area contributed by atoms with Crippen molar-refractivity contribution in [3.63, 3.8) is 0 Å². The van der Waals surface area contributed by atoms with Crippen molar-refractivity contribution in [3.8, 4) is 5.75 Å². The zero-order chi connectivity index (χ0) is 15.8. The van der Waals surface area contributed by atoms with Gasteiger partial charge >= 0.3 is 5.97 Å². The number of allylic oxidation sites excluding steroid dienone is 1. The van der Waals surface area contributed by atoms with E-state index in [1.165, 1.54) is 12.1 Å². The van der Waals surface area contributed by atoms with Gasteiger partial charge in [-0.05, 0) is 31.5 Å². The topological polar surface area (TPSA) is 75.6 Å². The van der Waals surface area contributed by atoms with Crippen LogP contribution in [-0.4, -0.2) is 29.6 Å². The first-order valence-corrected chi connectivity index (χ1v) is 6.90. The van der Waals surface area contributed by atoms with Crippen molar-refractivity contribution in [2.24, 2.45) is 0 Å². The van der Waals surface area contributed by atoms with E-state index in [1.807, 2.05) is 0 Å². The first-order chi connectivity index (χ1) is 9.93. The molecule has 5 nitrogen and oxygen atoms in total. The zero-order valence-corrected chi connectivity index (χ0v) is 12.8. The highest BCUT2D eigenvalue weighted by Crippen LogP contribution is 2.27. The van der Waals surface area contributed by atoms with E-state index in [0.717, 1.165) is 0 Å². The SMILES string of the molecule is C/C=C/CC(NC(=O)COc1ccc(Cl)cc1Cl)C(=O)O. The minimum Gasteiger partial charge on any atom is -0.482 e. The van der Waals surface area contributed by atoms with Gasteiger partial charge in [0.1, 0.15) is 11.8 Å². The van der Waals surface area contributed by atoms with E-state index in [0.29, 0.717) is 10.8 Å². The Kier molecular flexibility index (Phi) is 7.05. The summed E-state index contributed by atoms with van der Waals surface area (Å²) >= 11 is 11.6. The molecular weight excluding hydrogens is 317 g/mol. The predicted molar refractivity (Wildman–Crippen MR) is 81.0 cm³/mol. The van der Waals surface area contributed by atoms with Crippen molar-refractivity contribution in [1.29, 1.82) is 0 Å². The highest BCUT2D eigenvalue weighted by Gasteiger charge is 2.18. The van der Waals surface area contributed by atoms with Gasteiger partial charge in [-0.15, -0.1) is 0 Å². The van der Waals surface area contributed by atoms with Gasteiger partial charge in [0.25, 0.3) is 5.91 Å². The Hall–Kier alpha value is -1.72. The minimum absolute atomic E-state index is 0.208. The summed E-state index contributed by atoms with van der Waals surface area (Å²) in [5.41, 5.74) is 0. The van der Waals surface area contributed by atoms with Crippen LogP contribution in [0.4, 0.5) is 0 Å². The molecule has 114 valence electrons. The van der Waals surface area contributed by atoms with Gasteiger partial charge in [-0.1, -0.05) is 35.4 Å². The third-order valence-corrected chi connectivity index (χ3v) is 3.02. The second-order valence-electron chi connectivity index (χ2n) is 4.13. The molecule has 0 bridgehead atoms. The number of ether oxygens (including phenoxy) is 1. The summed E-state index contributed by atoms with van der Waals surface area (Å²) in [5.74, 6) is -1.35. The van der Waals surface area contributed by atoms with Crippen LogP contribution < -0.4 is 10.1 Å². The number of carboxylic acids is 1. The van der Waals surface area contributed by atoms with Gasteiger partial charge in [0.2, 0.25) is 0 Å². The van der Waals surface area contributed by atoms with Crippen LogP contribution in [0, 0.1) is 0 Å². The average Bonchev–Trinajstić information content (AvgIpc) is 2.42. The Balaban J connectivity index is 2.54. The second-order valence-corrected chi connectivity index (χ2v) is 4.97. The molecule has 1 rings (SSSR count). The molecule has 0 aliphatic heterocycles. The number of amides is 1. The van der Waals surface area contributed by atoms with Gasteiger partial charge in [-0.2, -0.15) is 0 Å². The Morgan fingerprint density at radius 1 is 1.43 bits per heavy atom. The number of carbonyl (C=O) groups excluding carboxylic acids is 1. The minimum atomic E-state index is -1.11. The number of hydrogen-bond acceptors (Lipinski definition) is 3. The summed E-state index contributed by atoms with van der Waals surface area (Å²) in [4.78, 5) is 22.7. The first-order valence-electron chi connectivity index (χ1n) is 6.15. The second kappa shape index (κ2) is 8.54. The summed E-state index contributed by atoms with van der Waals surface area (Å²) in [6.07, 6.45) is 3.58. The summed E-state index contributed by atoms with van der Waals surface area (Å²) in [6.45, 7) is 1.44. The highest BCUT2D eigenvalue weighted by molar-refractivity contribution is 6.35. The largest absolute Gasteiger partial charge is 0.482 e. The van der Waals surface area contributed by atoms with Crippen molar-refractivity contribution in [3.05, 3.63) is 40.4 Å². The Labute approximate surface area is 132 Å². The predicted octanol–water partition coefficient (Wildman–Crippen LogP) is 2.91. The quantitative estimate of drug-likeness (QED) is 0.753. The molecule has 0 fully saturated rings. The molecule has 1 aromatic rings. The van der Waals surface area contributed by atoms with Gasteiger partial charge in [0, 0.05) is 5.02 Å². The van der Waals surface area contributed by atoms with E-state index in [9.17, 15) is 9.59 Å². The van der Waals surface area contributed by atoms with Gasteiger partial charge in [-0.3, -0.25) is 4.79 Å². The molecule has 0 aliphatic rings. The molecule has 1 aromatic carbocycles. The fourth-order valence-corrected chi connectivity index (χ4v) is 1.93. The van der Waals surface area contributed by atoms with Gasteiger partial charge in [-0.25, -0.2) is 4.79 Å². The maximum atomic E-state index is 11.7. The van der Waals surface area contributed by atoms with E-state index in [-0.39, 0.29) is 18.1 Å². The molecule has 1 amide bonds. The van der Waals surface area contributed by atoms with E-state index in [2.05, 4.69) is 5.32 Å². The van der Waals surface area contributed by atoms with Gasteiger partial charge < -0.3 is 15.2 Å². The standard InChI is InChI=1S/C14H15Cl2NO4/c1-2-3-4-11(14(19)20)17-13(18)8-21-12-6-5-9(15)7-10(12)16/h2-3,5-7,11H,4,8H2,1H3,(H,17,18)(H,19,20)/b3-2+. The number of rotatable bonds is 7. The van der Waals surface area contributed by atoms with E-state index in [1.54, 1.807) is 25.1 Å². The van der Waals surface area contributed by atoms with Crippen molar-refractivity contribution >= 4 is 35.1 Å². The monoisotopic (exact) mass is 331 g/mol. The van der Waals surface area contributed by atoms with Crippen molar-refractivity contribution in [2.45, 2.75) is 19.4 Å². The molecule has 0 aromatic heterocycles. The number of aliphatic carboxylic acids is 1. The van der Waals surface area contributed by atoms with E-state index < -0.39 is 17.9 Å². The van der Waals surface area contributed by atoms with Crippen molar-refractivity contribution < 1.29 is 19.4 Å². The summed E-state index contributed by atoms with van der Waals surface area (Å²) in [6, 6.07) is 3.61. The molecule has 1 atom stereocenters. The van der Waals surface area contributed by atoms with Crippen molar-refractivity contribution in [1.82, 2.24) is 5.32 Å². The number of carbonyl (C=O) groups is 2. The van der Waals surface area contributed by atoms with Crippen LogP contribution in [0.2, 0.25) is 10.0 Å². The van der Waals surface area contributed by atoms with E-state index >= 15 is 0 Å². The molecule has 21 heavy (non-hydrogen) atoms. The number of hydrogen-bond donors (Lipinski definition) is 2. The molecule has 2 N–H and O–H groups in total. The summed E-state index contributed by atoms with van der Waals surface area (Å²) < 4.78 is 5.23. The van der Waals surface area contributed by atoms with Gasteiger partial charge in [0.15, 0.2) is 6.61 Å². The van der Waals surface area contributed by atoms with Crippen LogP contribution in [-0.2, 0) is 9.59 Å². The first kappa shape index (κ1) is 17.3. The molecule has 0 saturated carbocycles. The molecule has 0 radical (unpaired) electrons. The summed E-state index contributed by atoms with van der Waals surface area (Å²) in [5, 5.41) is 12.1. The van der Waals surface area contributed by atoms with Crippen LogP contribution >= 0.6 is 23.2 Å². The lowest BCUT2D eigenvalue weighted by Gasteiger charge is -2.13. The molecule has 0 spiro atoms. The molecule has 7 heteroatoms. The smallest absolute Gasteiger partial charge is 0.326 e. The molecule has 0 aliphatic carbocycles. The third-order valence-electron chi connectivity index (χ3n) is 2.49. The van der Waals surface area contributed by atoms with Crippen LogP contribution in [0.25, 0.3) is 0 Å². The number of nitrogens with one attached hydrogen (secondary N) is 1. The maximum Gasteiger partial charge on any atom is 0.326 e. The van der Waals surface area contributed by atoms with Crippen molar-refractivity contribution in [2.75, 3.05) is 6.61 Å². The Morgan fingerprint density at radius 2 is 2.14 bits per heavy atom. The lowest BCUT2D eigenvalue weighted by atomic mass is 10.2. The average molecular weight is 332 g/mol. The molecule has 1 unspecified atom stereocenters. The Morgan fingerprint density at radius 3 is 2.71 bits per heavy atom. The van der Waals surface area contributed by atoms with Crippen LogP contribution in [0.5, 0.6) is 5.75 Å². The fraction of sp³-hybridized carbons (Fsp3) is 0.286. The lowest BCUT2D eigenvalue weighted by Crippen LogP contribution is -2.42. The Bertz CT molecular complexity index is 546. The zero-order valence-electron chi connectivity index (χ0n) is 11.3. The normalized spacial score (nSPS) is 12.1. The number of carboxylic acid groups (broad SMARTS) is 1. The van der Waals surface area contributed by atoms with E-state index in [4.69, 9.17) is 33.0 Å². The molecule has 0 heterocycles. The van der Waals surface area contributed by atoms with Crippen LogP contribution in [0.15, 0.2) is 30.4 Å². The maximum absolute atomic E-state index is 11.7. The fourth-order valence-electron chi connectivity index (χ4n) is 1.47. The highest BCUT2D eigenvalue weighted by atomic mass is 35.5.